The Kier molecular flexibility index (Phi) is 5.61. The fourth-order valence-electron chi connectivity index (χ4n) is 10.0. The van der Waals surface area contributed by atoms with Crippen molar-refractivity contribution >= 4 is 0 Å². The first kappa shape index (κ1) is 25.0. The first-order chi connectivity index (χ1) is 15.9. The summed E-state index contributed by atoms with van der Waals surface area (Å²) in [6.45, 7) is 8.94. The van der Waals surface area contributed by atoms with Gasteiger partial charge in [0.25, 0.3) is 0 Å². The van der Waals surface area contributed by atoms with Gasteiger partial charge in [-0.25, -0.2) is 0 Å². The van der Waals surface area contributed by atoms with Crippen molar-refractivity contribution in [3.05, 3.63) is 23.8 Å². The van der Waals surface area contributed by atoms with Gasteiger partial charge in [-0.15, -0.1) is 0 Å². The van der Waals surface area contributed by atoms with Crippen LogP contribution >= 0.6 is 0 Å². The molecule has 0 bridgehead atoms. The predicted molar refractivity (Wildman–Crippen MR) is 132 cm³/mol. The summed E-state index contributed by atoms with van der Waals surface area (Å²) in [5.41, 5.74) is 0.277. The highest BCUT2D eigenvalue weighted by molar-refractivity contribution is 5.41. The lowest BCUT2D eigenvalue weighted by molar-refractivity contribution is -0.246. The minimum atomic E-state index is -1.11. The van der Waals surface area contributed by atoms with Crippen LogP contribution in [0.25, 0.3) is 0 Å². The second kappa shape index (κ2) is 7.64. The Morgan fingerprint density at radius 1 is 0.882 bits per heavy atom. The Hall–Kier alpha value is -0.720. The minimum Gasteiger partial charge on any atom is -0.396 e. The second-order valence-corrected chi connectivity index (χ2v) is 14.1. The van der Waals surface area contributed by atoms with E-state index in [1.54, 1.807) is 0 Å². The number of aliphatic hydroxyl groups is 5. The van der Waals surface area contributed by atoms with Gasteiger partial charge >= 0.3 is 0 Å². The fraction of sp³-hybridized carbons (Fsp3) is 0.862. The molecule has 9 atom stereocenters. The maximum absolute atomic E-state index is 10.9. The van der Waals surface area contributed by atoms with Crippen molar-refractivity contribution in [2.75, 3.05) is 19.8 Å². The molecule has 5 aliphatic carbocycles. The Balaban J connectivity index is 1.57. The summed E-state index contributed by atoms with van der Waals surface area (Å²) in [7, 11) is 0. The summed E-state index contributed by atoms with van der Waals surface area (Å²) in [5, 5.41) is 52.6. The third-order valence-electron chi connectivity index (χ3n) is 12.4. The molecule has 5 aliphatic rings. The molecule has 34 heavy (non-hydrogen) atoms. The van der Waals surface area contributed by atoms with Crippen molar-refractivity contribution in [2.24, 2.45) is 44.3 Å². The van der Waals surface area contributed by atoms with Crippen LogP contribution in [0.3, 0.4) is 0 Å². The van der Waals surface area contributed by atoms with Gasteiger partial charge in [0.15, 0.2) is 0 Å². The summed E-state index contributed by atoms with van der Waals surface area (Å²) in [4.78, 5) is 0. The van der Waals surface area contributed by atoms with Crippen molar-refractivity contribution in [1.29, 1.82) is 0 Å². The largest absolute Gasteiger partial charge is 0.396 e. The van der Waals surface area contributed by atoms with E-state index in [1.807, 2.05) is 0 Å². The highest BCUT2D eigenvalue weighted by atomic mass is 16.3. The van der Waals surface area contributed by atoms with Crippen LogP contribution in [0.15, 0.2) is 23.8 Å². The molecule has 0 saturated heterocycles. The second-order valence-electron chi connectivity index (χ2n) is 14.1. The van der Waals surface area contributed by atoms with E-state index < -0.39 is 17.6 Å². The summed E-state index contributed by atoms with van der Waals surface area (Å²) in [5.74, 6) is 0.140. The van der Waals surface area contributed by atoms with Crippen LogP contribution in [0.4, 0.5) is 0 Å². The standard InChI is InChI=1S/C29H46O5/c1-24(16-30)9-11-28(15-24)12-10-26(3)19(13-28)5-6-21-25(2)14-20(33)23(34)29(17-31,18-32)22(25)7-8-27(21,26)4/h5-6,13,20-23,30-34H,7-12,14-18H2,1-4H3. The lowest BCUT2D eigenvalue weighted by atomic mass is 9.35. The highest BCUT2D eigenvalue weighted by Gasteiger charge is 2.68. The van der Waals surface area contributed by atoms with Crippen LogP contribution < -0.4 is 0 Å². The molecular weight excluding hydrogens is 428 g/mol. The van der Waals surface area contributed by atoms with Gasteiger partial charge in [0, 0.05) is 12.0 Å². The quantitative estimate of drug-likeness (QED) is 0.430. The smallest absolute Gasteiger partial charge is 0.0902 e. The molecule has 5 rings (SSSR count). The number of fused-ring (bicyclic) bond motifs is 5. The number of hydrogen-bond donors (Lipinski definition) is 5. The van der Waals surface area contributed by atoms with Crippen molar-refractivity contribution < 1.29 is 25.5 Å². The average Bonchev–Trinajstić information content (AvgIpc) is 3.13. The number of rotatable bonds is 3. The molecule has 0 aromatic heterocycles. The maximum Gasteiger partial charge on any atom is 0.0902 e. The molecule has 3 saturated carbocycles. The normalized spacial score (nSPS) is 53.7. The van der Waals surface area contributed by atoms with Crippen LogP contribution in [-0.4, -0.2) is 57.6 Å². The summed E-state index contributed by atoms with van der Waals surface area (Å²) >= 11 is 0. The van der Waals surface area contributed by atoms with Gasteiger partial charge in [-0.3, -0.25) is 0 Å². The minimum absolute atomic E-state index is 0.00199. The predicted octanol–water partition coefficient (Wildman–Crippen LogP) is 3.59. The lowest BCUT2D eigenvalue weighted by Gasteiger charge is -2.69. The van der Waals surface area contributed by atoms with E-state index >= 15 is 0 Å². The van der Waals surface area contributed by atoms with E-state index in [9.17, 15) is 25.5 Å². The molecule has 5 nitrogen and oxygen atoms in total. The van der Waals surface area contributed by atoms with Crippen LogP contribution in [0.5, 0.6) is 0 Å². The van der Waals surface area contributed by atoms with E-state index in [0.29, 0.717) is 6.42 Å². The molecule has 0 amide bonds. The van der Waals surface area contributed by atoms with Crippen molar-refractivity contribution in [2.45, 2.75) is 91.3 Å². The Morgan fingerprint density at radius 2 is 1.56 bits per heavy atom. The van der Waals surface area contributed by atoms with Crippen LogP contribution in [-0.2, 0) is 0 Å². The number of allylic oxidation sites excluding steroid dienone is 4. The molecule has 5 N–H and O–H groups in total. The molecule has 1 spiro atoms. The van der Waals surface area contributed by atoms with Gasteiger partial charge in [0.05, 0.1) is 25.4 Å². The monoisotopic (exact) mass is 474 g/mol. The Bertz CT molecular complexity index is 893. The Labute approximate surface area is 205 Å². The van der Waals surface area contributed by atoms with Gasteiger partial charge in [0.2, 0.25) is 0 Å². The molecule has 0 aliphatic heterocycles. The fourth-order valence-corrected chi connectivity index (χ4v) is 10.0. The zero-order valence-corrected chi connectivity index (χ0v) is 21.6. The van der Waals surface area contributed by atoms with Gasteiger partial charge < -0.3 is 25.5 Å². The summed E-state index contributed by atoms with van der Waals surface area (Å²) < 4.78 is 0. The summed E-state index contributed by atoms with van der Waals surface area (Å²) in [6, 6.07) is 0. The average molecular weight is 475 g/mol. The SMILES string of the molecule is CC1(CO)CCC2(C=C3C=CC4C5(C)CC(O)C(O)C(CO)(CO)C5CCC4(C)C3(C)CC2)C1. The van der Waals surface area contributed by atoms with Crippen LogP contribution in [0, 0.1) is 44.3 Å². The van der Waals surface area contributed by atoms with Gasteiger partial charge in [-0.2, -0.15) is 0 Å². The van der Waals surface area contributed by atoms with Crippen molar-refractivity contribution in [3.8, 4) is 0 Å². The molecule has 5 heteroatoms. The van der Waals surface area contributed by atoms with E-state index in [0.717, 1.165) is 44.9 Å². The number of hydrogen-bond acceptors (Lipinski definition) is 5. The topological polar surface area (TPSA) is 101 Å². The molecule has 0 aromatic carbocycles. The molecule has 192 valence electrons. The summed E-state index contributed by atoms with van der Waals surface area (Å²) in [6.07, 6.45) is 13.1. The first-order valence-corrected chi connectivity index (χ1v) is 13.5. The van der Waals surface area contributed by atoms with Crippen molar-refractivity contribution in [3.63, 3.8) is 0 Å². The zero-order valence-electron chi connectivity index (χ0n) is 21.6. The van der Waals surface area contributed by atoms with E-state index in [1.165, 1.54) is 5.57 Å². The number of aliphatic hydroxyl groups excluding tert-OH is 5. The molecular formula is C29H46O5. The van der Waals surface area contributed by atoms with Gasteiger partial charge in [0.1, 0.15) is 0 Å². The van der Waals surface area contributed by atoms with E-state index in [-0.39, 0.29) is 58.7 Å². The highest BCUT2D eigenvalue weighted by Crippen LogP contribution is 2.73. The van der Waals surface area contributed by atoms with E-state index in [2.05, 4.69) is 45.9 Å². The van der Waals surface area contributed by atoms with Crippen LogP contribution in [0.2, 0.25) is 0 Å². The van der Waals surface area contributed by atoms with Crippen molar-refractivity contribution in [1.82, 2.24) is 0 Å². The molecule has 3 fully saturated rings. The molecule has 0 aromatic rings. The zero-order chi connectivity index (χ0) is 24.8. The lowest BCUT2D eigenvalue weighted by Crippen LogP contribution is -2.68. The maximum atomic E-state index is 10.9. The molecule has 0 heterocycles. The van der Waals surface area contributed by atoms with Crippen LogP contribution in [0.1, 0.15) is 79.1 Å². The molecule has 0 radical (unpaired) electrons. The third kappa shape index (κ3) is 2.97. The third-order valence-corrected chi connectivity index (χ3v) is 12.4. The van der Waals surface area contributed by atoms with E-state index in [4.69, 9.17) is 0 Å². The molecule has 9 unspecified atom stereocenters. The Morgan fingerprint density at radius 3 is 2.18 bits per heavy atom. The van der Waals surface area contributed by atoms with Gasteiger partial charge in [-0.1, -0.05) is 45.9 Å². The first-order valence-electron chi connectivity index (χ1n) is 13.5. The van der Waals surface area contributed by atoms with Gasteiger partial charge in [-0.05, 0) is 95.9 Å².